The molecule has 100 valence electrons. The summed E-state index contributed by atoms with van der Waals surface area (Å²) in [5, 5.41) is 8.31. The first-order chi connectivity index (χ1) is 9.02. The van der Waals surface area contributed by atoms with Crippen molar-refractivity contribution < 1.29 is 24.2 Å². The fraction of sp³-hybridized carbons (Fsp3) is 0.0833. The average molecular weight is 264 g/mol. The molecule has 1 aromatic carbocycles. The Kier molecular flexibility index (Phi) is 5.09. The maximum absolute atomic E-state index is 11.6. The molecule has 0 aliphatic rings. The Morgan fingerprint density at radius 1 is 1.21 bits per heavy atom. The van der Waals surface area contributed by atoms with Gasteiger partial charge in [-0.3, -0.25) is 20.4 Å². The highest BCUT2D eigenvalue weighted by Gasteiger charge is 2.06. The molecule has 3 N–H and O–H groups in total. The molecular weight excluding hydrogens is 252 g/mol. The van der Waals surface area contributed by atoms with Crippen LogP contribution >= 0.6 is 0 Å². The molecule has 0 aliphatic carbocycles. The topological polar surface area (TPSA) is 105 Å². The number of rotatable bonds is 4. The van der Waals surface area contributed by atoms with Crippen molar-refractivity contribution in [2.75, 3.05) is 7.11 Å². The smallest absolute Gasteiger partial charge is 0.328 e. The van der Waals surface area contributed by atoms with Crippen molar-refractivity contribution in [3.63, 3.8) is 0 Å². The van der Waals surface area contributed by atoms with Gasteiger partial charge in [0, 0.05) is 17.7 Å². The first-order valence-electron chi connectivity index (χ1n) is 5.18. The Hall–Kier alpha value is -2.83. The van der Waals surface area contributed by atoms with Crippen LogP contribution in [-0.2, 0) is 9.59 Å². The molecule has 0 aliphatic heterocycles. The molecule has 0 spiro atoms. The number of carboxylic acid groups (broad SMARTS) is 1. The van der Waals surface area contributed by atoms with E-state index in [1.54, 1.807) is 12.1 Å². The molecule has 19 heavy (non-hydrogen) atoms. The van der Waals surface area contributed by atoms with Crippen molar-refractivity contribution >= 4 is 17.8 Å². The standard InChI is InChI=1S/C12H12N2O5/c1-19-9-4-2-3-8(7-9)12(18)14-13-10(15)5-6-11(16)17/h2-7H,1H3,(H,13,15)(H,14,18)(H,16,17)/b6-5-. The molecule has 1 rings (SSSR count). The van der Waals surface area contributed by atoms with Gasteiger partial charge in [-0.15, -0.1) is 0 Å². The SMILES string of the molecule is COc1cccc(C(=O)NNC(=O)/C=C\C(=O)O)c1. The van der Waals surface area contributed by atoms with E-state index in [4.69, 9.17) is 9.84 Å². The van der Waals surface area contributed by atoms with Gasteiger partial charge >= 0.3 is 5.97 Å². The van der Waals surface area contributed by atoms with E-state index in [0.717, 1.165) is 6.08 Å². The number of carbonyl (C=O) groups is 3. The molecule has 0 fully saturated rings. The minimum Gasteiger partial charge on any atom is -0.497 e. The maximum atomic E-state index is 11.6. The molecular formula is C12H12N2O5. The quantitative estimate of drug-likeness (QED) is 0.528. The third-order valence-electron chi connectivity index (χ3n) is 2.01. The highest BCUT2D eigenvalue weighted by Crippen LogP contribution is 2.11. The van der Waals surface area contributed by atoms with Gasteiger partial charge in [-0.2, -0.15) is 0 Å². The summed E-state index contributed by atoms with van der Waals surface area (Å²) in [7, 11) is 1.47. The fourth-order valence-electron chi connectivity index (χ4n) is 1.14. The number of amides is 2. The molecule has 0 saturated heterocycles. The Bertz CT molecular complexity index is 525. The minimum atomic E-state index is -1.26. The number of carboxylic acids is 1. The number of hydrogen-bond acceptors (Lipinski definition) is 4. The second kappa shape index (κ2) is 6.80. The predicted molar refractivity (Wildman–Crippen MR) is 65.4 cm³/mol. The summed E-state index contributed by atoms with van der Waals surface area (Å²) in [6.07, 6.45) is 1.45. The van der Waals surface area contributed by atoms with E-state index in [1.807, 2.05) is 5.43 Å². The zero-order valence-corrected chi connectivity index (χ0v) is 10.0. The van der Waals surface area contributed by atoms with Crippen LogP contribution in [0.5, 0.6) is 5.75 Å². The highest BCUT2D eigenvalue weighted by atomic mass is 16.5. The first kappa shape index (κ1) is 14.2. The Morgan fingerprint density at radius 3 is 2.58 bits per heavy atom. The van der Waals surface area contributed by atoms with Gasteiger partial charge in [0.15, 0.2) is 0 Å². The monoisotopic (exact) mass is 264 g/mol. The molecule has 0 radical (unpaired) electrons. The third-order valence-corrected chi connectivity index (χ3v) is 2.01. The summed E-state index contributed by atoms with van der Waals surface area (Å²) in [6.45, 7) is 0. The summed E-state index contributed by atoms with van der Waals surface area (Å²) in [5.41, 5.74) is 4.47. The lowest BCUT2D eigenvalue weighted by molar-refractivity contribution is -0.131. The van der Waals surface area contributed by atoms with Crippen LogP contribution in [0.2, 0.25) is 0 Å². The minimum absolute atomic E-state index is 0.293. The lowest BCUT2D eigenvalue weighted by Crippen LogP contribution is -2.40. The van der Waals surface area contributed by atoms with E-state index in [0.29, 0.717) is 17.4 Å². The maximum Gasteiger partial charge on any atom is 0.328 e. The summed E-state index contributed by atoms with van der Waals surface area (Å²) < 4.78 is 4.95. The number of methoxy groups -OCH3 is 1. The van der Waals surface area contributed by atoms with Crippen LogP contribution in [0.15, 0.2) is 36.4 Å². The van der Waals surface area contributed by atoms with Gasteiger partial charge < -0.3 is 9.84 Å². The lowest BCUT2D eigenvalue weighted by atomic mass is 10.2. The van der Waals surface area contributed by atoms with Gasteiger partial charge in [0.05, 0.1) is 7.11 Å². The van der Waals surface area contributed by atoms with Gasteiger partial charge in [-0.25, -0.2) is 4.79 Å². The number of carbonyl (C=O) groups excluding carboxylic acids is 2. The van der Waals surface area contributed by atoms with Crippen LogP contribution in [0.3, 0.4) is 0 Å². The fourth-order valence-corrected chi connectivity index (χ4v) is 1.14. The van der Waals surface area contributed by atoms with Crippen molar-refractivity contribution in [1.29, 1.82) is 0 Å². The molecule has 0 aromatic heterocycles. The zero-order chi connectivity index (χ0) is 14.3. The van der Waals surface area contributed by atoms with Crippen LogP contribution in [0.1, 0.15) is 10.4 Å². The average Bonchev–Trinajstić information content (AvgIpc) is 2.42. The van der Waals surface area contributed by atoms with Crippen molar-refractivity contribution in [3.05, 3.63) is 42.0 Å². The molecule has 0 saturated carbocycles. The van der Waals surface area contributed by atoms with Crippen LogP contribution in [0, 0.1) is 0 Å². The van der Waals surface area contributed by atoms with Crippen LogP contribution in [-0.4, -0.2) is 30.0 Å². The Labute approximate surface area is 108 Å². The summed E-state index contributed by atoms with van der Waals surface area (Å²) in [5.74, 6) is -2.05. The molecule has 0 unspecified atom stereocenters. The van der Waals surface area contributed by atoms with Gasteiger partial charge in [-0.05, 0) is 18.2 Å². The summed E-state index contributed by atoms with van der Waals surface area (Å²) in [6, 6.07) is 6.33. The van der Waals surface area contributed by atoms with Crippen molar-refractivity contribution in [2.24, 2.45) is 0 Å². The number of nitrogens with one attached hydrogen (secondary N) is 2. The van der Waals surface area contributed by atoms with Crippen LogP contribution in [0.4, 0.5) is 0 Å². The normalized spacial score (nSPS) is 9.95. The Balaban J connectivity index is 2.55. The van der Waals surface area contributed by atoms with E-state index < -0.39 is 17.8 Å². The molecule has 7 nitrogen and oxygen atoms in total. The predicted octanol–water partition coefficient (Wildman–Crippen LogP) is 0.0970. The molecule has 0 heterocycles. The molecule has 7 heteroatoms. The highest BCUT2D eigenvalue weighted by molar-refractivity contribution is 5.98. The number of hydrogen-bond donors (Lipinski definition) is 3. The van der Waals surface area contributed by atoms with E-state index in [1.165, 1.54) is 19.2 Å². The van der Waals surface area contributed by atoms with E-state index in [-0.39, 0.29) is 0 Å². The molecule has 2 amide bonds. The van der Waals surface area contributed by atoms with Crippen LogP contribution < -0.4 is 15.6 Å². The summed E-state index contributed by atoms with van der Waals surface area (Å²) >= 11 is 0. The second-order valence-corrected chi connectivity index (χ2v) is 3.35. The largest absolute Gasteiger partial charge is 0.497 e. The molecule has 1 aromatic rings. The van der Waals surface area contributed by atoms with Crippen molar-refractivity contribution in [3.8, 4) is 5.75 Å². The summed E-state index contributed by atoms with van der Waals surface area (Å²) in [4.78, 5) is 32.9. The van der Waals surface area contributed by atoms with Gasteiger partial charge in [0.2, 0.25) is 0 Å². The molecule has 0 bridgehead atoms. The van der Waals surface area contributed by atoms with E-state index in [2.05, 4.69) is 5.43 Å². The van der Waals surface area contributed by atoms with Gasteiger partial charge in [0.25, 0.3) is 11.8 Å². The van der Waals surface area contributed by atoms with E-state index in [9.17, 15) is 14.4 Å². The Morgan fingerprint density at radius 2 is 1.95 bits per heavy atom. The van der Waals surface area contributed by atoms with Gasteiger partial charge in [-0.1, -0.05) is 6.07 Å². The third kappa shape index (κ3) is 4.90. The first-order valence-corrected chi connectivity index (χ1v) is 5.18. The number of benzene rings is 1. The van der Waals surface area contributed by atoms with Crippen molar-refractivity contribution in [1.82, 2.24) is 10.9 Å². The van der Waals surface area contributed by atoms with Crippen molar-refractivity contribution in [2.45, 2.75) is 0 Å². The lowest BCUT2D eigenvalue weighted by Gasteiger charge is -2.06. The number of hydrazine groups is 1. The number of ether oxygens (including phenoxy) is 1. The van der Waals surface area contributed by atoms with Crippen LogP contribution in [0.25, 0.3) is 0 Å². The molecule has 0 atom stereocenters. The van der Waals surface area contributed by atoms with Gasteiger partial charge in [0.1, 0.15) is 5.75 Å². The number of aliphatic carboxylic acids is 1. The zero-order valence-electron chi connectivity index (χ0n) is 10.0. The van der Waals surface area contributed by atoms with E-state index >= 15 is 0 Å². The second-order valence-electron chi connectivity index (χ2n) is 3.35.